The monoisotopic (exact) mass is 512 g/mol. The van der Waals surface area contributed by atoms with E-state index in [1.807, 2.05) is 47.4 Å². The Kier molecular flexibility index (Phi) is 5.71. The minimum absolute atomic E-state index is 0.342. The van der Waals surface area contributed by atoms with Crippen molar-refractivity contribution in [2.45, 2.75) is 31.5 Å². The minimum atomic E-state index is 0.342. The van der Waals surface area contributed by atoms with Crippen molar-refractivity contribution in [3.05, 3.63) is 90.6 Å². The van der Waals surface area contributed by atoms with Gasteiger partial charge in [0.1, 0.15) is 11.3 Å². The van der Waals surface area contributed by atoms with Crippen LogP contribution in [0.5, 0.6) is 0 Å². The number of piperazine rings is 1. The first-order valence-corrected chi connectivity index (χ1v) is 13.3. The molecule has 3 saturated heterocycles. The molecule has 2 N–H and O–H groups in total. The molecule has 3 aliphatic heterocycles. The average Bonchev–Trinajstić information content (AvgIpc) is 3.37. The van der Waals surface area contributed by atoms with E-state index in [9.17, 15) is 5.26 Å². The van der Waals surface area contributed by atoms with Gasteiger partial charge in [-0.3, -0.25) is 9.47 Å². The highest BCUT2D eigenvalue weighted by atomic mass is 15.3. The van der Waals surface area contributed by atoms with Crippen LogP contribution in [0.3, 0.4) is 0 Å². The maximum absolute atomic E-state index is 9.42. The summed E-state index contributed by atoms with van der Waals surface area (Å²) < 4.78 is 2.08. The highest BCUT2D eigenvalue weighted by molar-refractivity contribution is 5.84. The first kappa shape index (κ1) is 23.4. The molecular formula is C31H28N8. The van der Waals surface area contributed by atoms with Gasteiger partial charge in [-0.25, -0.2) is 15.0 Å². The number of imidazole rings is 1. The van der Waals surface area contributed by atoms with E-state index in [0.29, 0.717) is 23.7 Å². The summed E-state index contributed by atoms with van der Waals surface area (Å²) in [6.07, 6.45) is 6.33. The first-order valence-electron chi connectivity index (χ1n) is 13.3. The first-order chi connectivity index (χ1) is 19.2. The van der Waals surface area contributed by atoms with Crippen LogP contribution in [0.25, 0.3) is 39.5 Å². The molecule has 2 aromatic carbocycles. The van der Waals surface area contributed by atoms with E-state index in [-0.39, 0.29) is 0 Å². The number of nitrogens with two attached hydrogens (primary N) is 1. The highest BCUT2D eigenvalue weighted by Gasteiger charge is 2.38. The van der Waals surface area contributed by atoms with Gasteiger partial charge in [-0.1, -0.05) is 42.5 Å². The predicted octanol–water partition coefficient (Wildman–Crippen LogP) is 4.86. The van der Waals surface area contributed by atoms with Gasteiger partial charge in [0.25, 0.3) is 0 Å². The van der Waals surface area contributed by atoms with Crippen LogP contribution in [0, 0.1) is 11.5 Å². The van der Waals surface area contributed by atoms with Crippen LogP contribution in [-0.2, 0) is 6.54 Å². The Morgan fingerprint density at radius 1 is 0.872 bits per heavy atom. The molecule has 3 aliphatic rings. The summed E-state index contributed by atoms with van der Waals surface area (Å²) in [5, 5.41) is 9.42. The minimum Gasteiger partial charge on any atom is -0.383 e. The smallest absolute Gasteiger partial charge is 0.179 e. The Bertz CT molecular complexity index is 1690. The fraction of sp³-hybridized carbons (Fsp3) is 0.226. The summed E-state index contributed by atoms with van der Waals surface area (Å²) in [5.74, 6) is 1.14. The number of pyridine rings is 2. The second-order valence-electron chi connectivity index (χ2n) is 10.3. The lowest BCUT2D eigenvalue weighted by Gasteiger charge is -2.49. The van der Waals surface area contributed by atoms with Crippen LogP contribution in [-0.4, -0.2) is 54.5 Å². The molecule has 0 aliphatic carbocycles. The Morgan fingerprint density at radius 3 is 2.44 bits per heavy atom. The van der Waals surface area contributed by atoms with Crippen LogP contribution in [0.2, 0.25) is 0 Å². The number of hydrogen-bond acceptors (Lipinski definition) is 7. The molecule has 2 unspecified atom stereocenters. The third-order valence-corrected chi connectivity index (χ3v) is 8.01. The number of anilines is 1. The zero-order valence-corrected chi connectivity index (χ0v) is 21.5. The van der Waals surface area contributed by atoms with E-state index in [1.54, 1.807) is 6.20 Å². The molecule has 2 atom stereocenters. The number of hydrogen-bond donors (Lipinski definition) is 1. The topological polar surface area (TPSA) is 99.9 Å². The molecule has 8 rings (SSSR count). The average molecular weight is 513 g/mol. The molecule has 0 saturated carbocycles. The van der Waals surface area contributed by atoms with Crippen LogP contribution < -0.4 is 5.73 Å². The number of piperidine rings is 2. The van der Waals surface area contributed by atoms with Crippen molar-refractivity contribution in [2.75, 3.05) is 18.8 Å². The quantitative estimate of drug-likeness (QED) is 0.336. The van der Waals surface area contributed by atoms with Crippen molar-refractivity contribution in [1.29, 1.82) is 5.26 Å². The number of nitriles is 1. The summed E-state index contributed by atoms with van der Waals surface area (Å²) in [7, 11) is 0. The van der Waals surface area contributed by atoms with E-state index in [1.165, 1.54) is 5.56 Å². The fourth-order valence-corrected chi connectivity index (χ4v) is 5.98. The molecule has 0 spiro atoms. The van der Waals surface area contributed by atoms with Gasteiger partial charge >= 0.3 is 0 Å². The van der Waals surface area contributed by atoms with Crippen molar-refractivity contribution in [1.82, 2.24) is 29.3 Å². The van der Waals surface area contributed by atoms with Crippen LogP contribution in [0.4, 0.5) is 5.82 Å². The molecule has 192 valence electrons. The largest absolute Gasteiger partial charge is 0.383 e. The van der Waals surface area contributed by atoms with Crippen molar-refractivity contribution < 1.29 is 0 Å². The second-order valence-corrected chi connectivity index (χ2v) is 10.3. The van der Waals surface area contributed by atoms with Gasteiger partial charge in [0, 0.05) is 43.1 Å². The summed E-state index contributed by atoms with van der Waals surface area (Å²) in [4.78, 5) is 18.8. The van der Waals surface area contributed by atoms with Crippen molar-refractivity contribution in [3.63, 3.8) is 0 Å². The number of rotatable bonds is 5. The summed E-state index contributed by atoms with van der Waals surface area (Å²) in [6, 6.07) is 27.4. The van der Waals surface area contributed by atoms with Crippen LogP contribution >= 0.6 is 0 Å². The molecular weight excluding hydrogens is 484 g/mol. The third-order valence-electron chi connectivity index (χ3n) is 8.01. The predicted molar refractivity (Wildman–Crippen MR) is 151 cm³/mol. The van der Waals surface area contributed by atoms with Gasteiger partial charge in [-0.2, -0.15) is 5.26 Å². The zero-order chi connectivity index (χ0) is 26.3. The van der Waals surface area contributed by atoms with E-state index >= 15 is 0 Å². The molecule has 8 heteroatoms. The molecule has 39 heavy (non-hydrogen) atoms. The highest BCUT2D eigenvalue weighted by Crippen LogP contribution is 2.33. The maximum Gasteiger partial charge on any atom is 0.179 e. The maximum atomic E-state index is 9.42. The third kappa shape index (κ3) is 4.17. The molecule has 2 bridgehead atoms. The Hall–Kier alpha value is -4.74. The standard InChI is InChI=1S/C31H28N8/c32-20-38-19-24-12-13-25(38)18-37(24)17-21-8-10-23(11-9-21)39-30(26-7-4-16-34-29(26)33)36-28-15-14-27(35-31(28)39)22-5-2-1-3-6-22/h1-11,14-16,24-25H,12-13,17-19H2,(H2,33,34). The second kappa shape index (κ2) is 9.53. The van der Waals surface area contributed by atoms with Crippen LogP contribution in [0.15, 0.2) is 85.1 Å². The SMILES string of the molecule is N#CN1CC2CCC1CN2Cc1ccc(-n2c(-c3cccnc3N)nc3ccc(-c4ccccc4)nc32)cc1. The number of nitrogens with zero attached hydrogens (tertiary/aromatic N) is 7. The summed E-state index contributed by atoms with van der Waals surface area (Å²) in [5.41, 5.74) is 12.8. The van der Waals surface area contributed by atoms with Gasteiger partial charge < -0.3 is 10.6 Å². The summed E-state index contributed by atoms with van der Waals surface area (Å²) in [6.45, 7) is 2.67. The molecule has 0 amide bonds. The number of aromatic nitrogens is 4. The van der Waals surface area contributed by atoms with Crippen LogP contribution in [0.1, 0.15) is 18.4 Å². The lowest BCUT2D eigenvalue weighted by molar-refractivity contribution is 0.00437. The Morgan fingerprint density at radius 2 is 1.69 bits per heavy atom. The number of benzene rings is 2. The Labute approximate surface area is 227 Å². The molecule has 5 aromatic rings. The van der Waals surface area contributed by atoms with E-state index in [2.05, 4.69) is 57.0 Å². The van der Waals surface area contributed by atoms with Gasteiger partial charge in [-0.15, -0.1) is 0 Å². The zero-order valence-electron chi connectivity index (χ0n) is 21.5. The van der Waals surface area contributed by atoms with Gasteiger partial charge in [0.2, 0.25) is 0 Å². The van der Waals surface area contributed by atoms with E-state index in [0.717, 1.165) is 66.1 Å². The number of fused-ring (bicyclic) bond motifs is 4. The molecule has 3 fully saturated rings. The van der Waals surface area contributed by atoms with Crippen molar-refractivity contribution in [3.8, 4) is 34.5 Å². The van der Waals surface area contributed by atoms with Gasteiger partial charge in [0.15, 0.2) is 17.7 Å². The number of nitrogen functional groups attached to an aromatic ring is 1. The van der Waals surface area contributed by atoms with Gasteiger partial charge in [0.05, 0.1) is 17.3 Å². The molecule has 8 nitrogen and oxygen atoms in total. The summed E-state index contributed by atoms with van der Waals surface area (Å²) >= 11 is 0. The molecule has 0 radical (unpaired) electrons. The van der Waals surface area contributed by atoms with Crippen molar-refractivity contribution >= 4 is 17.0 Å². The fourth-order valence-electron chi connectivity index (χ4n) is 5.98. The lowest BCUT2D eigenvalue weighted by Crippen LogP contribution is -2.60. The van der Waals surface area contributed by atoms with E-state index in [4.69, 9.17) is 15.7 Å². The Balaban J connectivity index is 1.27. The van der Waals surface area contributed by atoms with E-state index < -0.39 is 0 Å². The lowest BCUT2D eigenvalue weighted by atomic mass is 9.91. The molecule has 6 heterocycles. The van der Waals surface area contributed by atoms with Crippen molar-refractivity contribution in [2.24, 2.45) is 0 Å². The molecule has 3 aromatic heterocycles. The van der Waals surface area contributed by atoms with Gasteiger partial charge in [-0.05, 0) is 54.8 Å². The normalized spacial score (nSPS) is 18.9.